The monoisotopic (exact) mass is 391 g/mol. The Bertz CT molecular complexity index is 497. The normalized spacial score (nSPS) is 15.6. The average Bonchev–Trinajstić information content (AvgIpc) is 2.56. The van der Waals surface area contributed by atoms with Gasteiger partial charge in [0.25, 0.3) is 0 Å². The molecule has 1 amide bonds. The largest absolute Gasteiger partial charge is 0.379 e. The van der Waals surface area contributed by atoms with E-state index in [1.165, 1.54) is 11.1 Å². The first kappa shape index (κ1) is 24.1. The molecule has 0 aromatic heterocycles. The topological polar surface area (TPSA) is 53.6 Å². The highest BCUT2D eigenvalue weighted by atomic mass is 35.5. The Morgan fingerprint density at radius 2 is 2.00 bits per heavy atom. The van der Waals surface area contributed by atoms with E-state index in [9.17, 15) is 4.79 Å². The number of halogens is 2. The van der Waals surface area contributed by atoms with Gasteiger partial charge in [0.15, 0.2) is 0 Å². The van der Waals surface area contributed by atoms with Gasteiger partial charge in [0.1, 0.15) is 0 Å². The number of carbonyl (C=O) groups excluding carboxylic acids is 1. The first-order valence-corrected chi connectivity index (χ1v) is 8.50. The Hall–Kier alpha value is -0.850. The summed E-state index contributed by atoms with van der Waals surface area (Å²) in [4.78, 5) is 14.4. The summed E-state index contributed by atoms with van der Waals surface area (Å²) in [5.41, 5.74) is 2.52. The number of carbonyl (C=O) groups is 1. The molecule has 5 nitrogen and oxygen atoms in total. The molecule has 1 aliphatic heterocycles. The summed E-state index contributed by atoms with van der Waals surface area (Å²) in [5, 5.41) is 6.18. The lowest BCUT2D eigenvalue weighted by Gasteiger charge is -2.35. The Kier molecular flexibility index (Phi) is 12.9. The molecule has 1 atom stereocenters. The van der Waals surface area contributed by atoms with Crippen LogP contribution < -0.4 is 10.6 Å². The number of aryl methyl sites for hydroxylation is 1. The molecule has 0 aliphatic carbocycles. The molecule has 1 aromatic rings. The minimum atomic E-state index is 0. The maximum Gasteiger partial charge on any atom is 0.220 e. The van der Waals surface area contributed by atoms with Crippen molar-refractivity contribution in [2.45, 2.75) is 25.8 Å². The number of amides is 1. The van der Waals surface area contributed by atoms with E-state index in [1.807, 2.05) is 7.05 Å². The van der Waals surface area contributed by atoms with Gasteiger partial charge < -0.3 is 15.4 Å². The fourth-order valence-corrected chi connectivity index (χ4v) is 2.95. The Morgan fingerprint density at radius 1 is 1.28 bits per heavy atom. The smallest absolute Gasteiger partial charge is 0.220 e. The molecule has 0 spiro atoms. The molecule has 0 radical (unpaired) electrons. The van der Waals surface area contributed by atoms with Crippen LogP contribution in [-0.2, 0) is 9.53 Å². The zero-order valence-electron chi connectivity index (χ0n) is 15.1. The van der Waals surface area contributed by atoms with Crippen molar-refractivity contribution in [1.82, 2.24) is 15.5 Å². The molecule has 1 aliphatic rings. The highest BCUT2D eigenvalue weighted by Gasteiger charge is 2.23. The van der Waals surface area contributed by atoms with Gasteiger partial charge in [-0.15, -0.1) is 24.8 Å². The van der Waals surface area contributed by atoms with Crippen LogP contribution in [0.5, 0.6) is 0 Å². The zero-order chi connectivity index (χ0) is 16.5. The van der Waals surface area contributed by atoms with Crippen molar-refractivity contribution in [3.05, 3.63) is 35.4 Å². The van der Waals surface area contributed by atoms with Gasteiger partial charge in [-0.2, -0.15) is 0 Å². The zero-order valence-corrected chi connectivity index (χ0v) is 16.8. The Balaban J connectivity index is 0.00000288. The number of hydrogen-bond acceptors (Lipinski definition) is 4. The molecule has 2 N–H and O–H groups in total. The highest BCUT2D eigenvalue weighted by molar-refractivity contribution is 5.85. The average molecular weight is 392 g/mol. The number of nitrogens with one attached hydrogen (secondary N) is 2. The molecule has 1 aromatic carbocycles. The van der Waals surface area contributed by atoms with Crippen molar-refractivity contribution in [2.75, 3.05) is 46.4 Å². The van der Waals surface area contributed by atoms with Crippen LogP contribution in [0.15, 0.2) is 24.3 Å². The number of rotatable bonds is 8. The van der Waals surface area contributed by atoms with Gasteiger partial charge in [-0.05, 0) is 32.5 Å². The second kappa shape index (κ2) is 13.4. The second-order valence-corrected chi connectivity index (χ2v) is 6.09. The van der Waals surface area contributed by atoms with E-state index < -0.39 is 0 Å². The number of morpholine rings is 1. The molecule has 25 heavy (non-hydrogen) atoms. The lowest BCUT2D eigenvalue weighted by molar-refractivity contribution is -0.121. The summed E-state index contributed by atoms with van der Waals surface area (Å²) in [6.07, 6.45) is 1.44. The SMILES string of the molecule is CNCCCC(=O)NCC(c1cccc(C)c1)N1CCOCC1.Cl.Cl. The van der Waals surface area contributed by atoms with E-state index in [-0.39, 0.29) is 36.8 Å². The van der Waals surface area contributed by atoms with Crippen molar-refractivity contribution in [2.24, 2.45) is 0 Å². The fourth-order valence-electron chi connectivity index (χ4n) is 2.95. The Morgan fingerprint density at radius 3 is 2.64 bits per heavy atom. The van der Waals surface area contributed by atoms with E-state index in [4.69, 9.17) is 4.74 Å². The van der Waals surface area contributed by atoms with Crippen LogP contribution in [0.2, 0.25) is 0 Å². The molecule has 0 saturated carbocycles. The minimum absolute atomic E-state index is 0. The van der Waals surface area contributed by atoms with Crippen LogP contribution in [-0.4, -0.2) is 57.2 Å². The molecule has 1 heterocycles. The predicted octanol–water partition coefficient (Wildman–Crippen LogP) is 2.33. The minimum Gasteiger partial charge on any atom is -0.379 e. The molecule has 2 rings (SSSR count). The van der Waals surface area contributed by atoms with Crippen LogP contribution in [0.4, 0.5) is 0 Å². The van der Waals surface area contributed by atoms with Crippen LogP contribution in [0.1, 0.15) is 30.0 Å². The quantitative estimate of drug-likeness (QED) is 0.667. The van der Waals surface area contributed by atoms with Gasteiger partial charge in [-0.25, -0.2) is 0 Å². The molecular formula is C18H31Cl2N3O2. The number of nitrogens with zero attached hydrogens (tertiary/aromatic N) is 1. The third kappa shape index (κ3) is 8.38. The lowest BCUT2D eigenvalue weighted by Crippen LogP contribution is -2.43. The lowest BCUT2D eigenvalue weighted by atomic mass is 10.0. The highest BCUT2D eigenvalue weighted by Crippen LogP contribution is 2.22. The number of benzene rings is 1. The third-order valence-electron chi connectivity index (χ3n) is 4.24. The third-order valence-corrected chi connectivity index (χ3v) is 4.24. The first-order chi connectivity index (χ1) is 11.2. The molecule has 144 valence electrons. The van der Waals surface area contributed by atoms with Crippen molar-refractivity contribution in [1.29, 1.82) is 0 Å². The fraction of sp³-hybridized carbons (Fsp3) is 0.611. The second-order valence-electron chi connectivity index (χ2n) is 6.09. The van der Waals surface area contributed by atoms with Gasteiger partial charge in [0, 0.05) is 26.1 Å². The molecular weight excluding hydrogens is 361 g/mol. The summed E-state index contributed by atoms with van der Waals surface area (Å²) in [5.74, 6) is 0.131. The van der Waals surface area contributed by atoms with Crippen molar-refractivity contribution < 1.29 is 9.53 Å². The molecule has 1 fully saturated rings. The van der Waals surface area contributed by atoms with Gasteiger partial charge in [-0.3, -0.25) is 9.69 Å². The van der Waals surface area contributed by atoms with Gasteiger partial charge in [0.05, 0.1) is 19.3 Å². The predicted molar refractivity (Wildman–Crippen MR) is 107 cm³/mol. The first-order valence-electron chi connectivity index (χ1n) is 8.50. The maximum absolute atomic E-state index is 12.0. The molecule has 7 heteroatoms. The maximum atomic E-state index is 12.0. The van der Waals surface area contributed by atoms with Crippen LogP contribution in [0, 0.1) is 6.92 Å². The molecule has 1 unspecified atom stereocenters. The summed E-state index contributed by atoms with van der Waals surface area (Å²) < 4.78 is 5.46. The van der Waals surface area contributed by atoms with Gasteiger partial charge >= 0.3 is 0 Å². The Labute approximate surface area is 163 Å². The van der Waals surface area contributed by atoms with Crippen LogP contribution in [0.3, 0.4) is 0 Å². The van der Waals surface area contributed by atoms with Crippen LogP contribution >= 0.6 is 24.8 Å². The summed E-state index contributed by atoms with van der Waals surface area (Å²) in [6, 6.07) is 8.78. The van der Waals surface area contributed by atoms with Crippen molar-refractivity contribution >= 4 is 30.7 Å². The summed E-state index contributed by atoms with van der Waals surface area (Å²) in [6.45, 7) is 6.98. The van der Waals surface area contributed by atoms with Crippen LogP contribution in [0.25, 0.3) is 0 Å². The van der Waals surface area contributed by atoms with Crippen molar-refractivity contribution in [3.8, 4) is 0 Å². The standard InChI is InChI=1S/C18H29N3O2.2ClH/c1-15-5-3-6-16(13-15)17(21-9-11-23-12-10-21)14-20-18(22)7-4-8-19-2;;/h3,5-6,13,17,19H,4,7-12,14H2,1-2H3,(H,20,22);2*1H. The van der Waals surface area contributed by atoms with E-state index >= 15 is 0 Å². The number of ether oxygens (including phenoxy) is 1. The van der Waals surface area contributed by atoms with Gasteiger partial charge in [-0.1, -0.05) is 29.8 Å². The van der Waals surface area contributed by atoms with E-state index in [0.29, 0.717) is 13.0 Å². The van der Waals surface area contributed by atoms with E-state index in [0.717, 1.165) is 39.3 Å². The van der Waals surface area contributed by atoms with E-state index in [2.05, 4.69) is 46.7 Å². The van der Waals surface area contributed by atoms with E-state index in [1.54, 1.807) is 0 Å². The molecule has 0 bridgehead atoms. The number of hydrogen-bond donors (Lipinski definition) is 2. The summed E-state index contributed by atoms with van der Waals surface area (Å²) >= 11 is 0. The molecule has 1 saturated heterocycles. The van der Waals surface area contributed by atoms with Gasteiger partial charge in [0.2, 0.25) is 5.91 Å². The van der Waals surface area contributed by atoms with Crippen molar-refractivity contribution in [3.63, 3.8) is 0 Å². The summed E-state index contributed by atoms with van der Waals surface area (Å²) in [7, 11) is 1.91.